The number of carbonyl (C=O) groups is 1. The number of rotatable bonds is 3. The Morgan fingerprint density at radius 2 is 2.33 bits per heavy atom. The van der Waals surface area contributed by atoms with E-state index >= 15 is 0 Å². The molecule has 0 bridgehead atoms. The van der Waals surface area contributed by atoms with Gasteiger partial charge >= 0.3 is 0 Å². The van der Waals surface area contributed by atoms with Crippen LogP contribution in [0.25, 0.3) is 0 Å². The van der Waals surface area contributed by atoms with E-state index in [9.17, 15) is 4.79 Å². The van der Waals surface area contributed by atoms with Crippen LogP contribution in [-0.2, 0) is 4.74 Å². The molecule has 98 valence electrons. The molecule has 1 fully saturated rings. The van der Waals surface area contributed by atoms with Gasteiger partial charge in [-0.05, 0) is 12.5 Å². The number of nitrogens with zero attached hydrogens (tertiary/aromatic N) is 1. The first-order valence-electron chi connectivity index (χ1n) is 6.00. The third-order valence-corrected chi connectivity index (χ3v) is 3.86. The molecular formula is C13H19N3O2. The average Bonchev–Trinajstić information content (AvgIpc) is 2.34. The third kappa shape index (κ3) is 2.06. The zero-order valence-corrected chi connectivity index (χ0v) is 10.9. The van der Waals surface area contributed by atoms with Crippen LogP contribution in [0.2, 0.25) is 0 Å². The smallest absolute Gasteiger partial charge is 0.253 e. The van der Waals surface area contributed by atoms with E-state index in [0.29, 0.717) is 11.3 Å². The summed E-state index contributed by atoms with van der Waals surface area (Å²) in [6, 6.07) is 1.74. The van der Waals surface area contributed by atoms with E-state index in [1.807, 2.05) is 0 Å². The summed E-state index contributed by atoms with van der Waals surface area (Å²) in [4.78, 5) is 16.0. The molecule has 3 N–H and O–H groups in total. The Hall–Kier alpha value is -1.62. The standard InChI is InChI=1S/C13H19N3O2/c1-13(2)10(6-11(13)18-3)16-12(17)8-4-5-15-7-9(8)14/h4-5,7,10-11H,6,14H2,1-3H3,(H,16,17). The number of nitrogen functional groups attached to an aromatic ring is 1. The fourth-order valence-electron chi connectivity index (χ4n) is 2.38. The molecule has 0 saturated heterocycles. The molecule has 5 heteroatoms. The van der Waals surface area contributed by atoms with E-state index in [1.54, 1.807) is 19.4 Å². The van der Waals surface area contributed by atoms with Crippen LogP contribution in [0.1, 0.15) is 30.6 Å². The van der Waals surface area contributed by atoms with Crippen molar-refractivity contribution in [3.8, 4) is 0 Å². The Labute approximate surface area is 107 Å². The Balaban J connectivity index is 2.04. The van der Waals surface area contributed by atoms with Gasteiger partial charge in [-0.2, -0.15) is 0 Å². The van der Waals surface area contributed by atoms with Gasteiger partial charge in [-0.1, -0.05) is 13.8 Å². The van der Waals surface area contributed by atoms with Gasteiger partial charge in [0.2, 0.25) is 0 Å². The maximum absolute atomic E-state index is 12.1. The molecule has 1 aromatic rings. The molecule has 5 nitrogen and oxygen atoms in total. The number of nitrogens with one attached hydrogen (secondary N) is 1. The average molecular weight is 249 g/mol. The number of carbonyl (C=O) groups excluding carboxylic acids is 1. The SMILES string of the molecule is COC1CC(NC(=O)c2ccncc2N)C1(C)C. The highest BCUT2D eigenvalue weighted by molar-refractivity contribution is 5.99. The second-order valence-electron chi connectivity index (χ2n) is 5.27. The lowest BCUT2D eigenvalue weighted by molar-refractivity contribution is -0.0942. The number of ether oxygens (including phenoxy) is 1. The molecular weight excluding hydrogens is 230 g/mol. The van der Waals surface area contributed by atoms with Gasteiger partial charge in [-0.3, -0.25) is 9.78 Å². The number of anilines is 1. The van der Waals surface area contributed by atoms with E-state index in [1.165, 1.54) is 6.20 Å². The van der Waals surface area contributed by atoms with Gasteiger partial charge in [0.05, 0.1) is 23.6 Å². The predicted octanol–water partition coefficient (Wildman–Crippen LogP) is 1.21. The molecule has 1 amide bonds. The van der Waals surface area contributed by atoms with Crippen LogP contribution in [0.4, 0.5) is 5.69 Å². The van der Waals surface area contributed by atoms with E-state index in [4.69, 9.17) is 10.5 Å². The fourth-order valence-corrected chi connectivity index (χ4v) is 2.38. The second kappa shape index (κ2) is 4.57. The van der Waals surface area contributed by atoms with Crippen LogP contribution in [0.15, 0.2) is 18.5 Å². The highest BCUT2D eigenvalue weighted by Gasteiger charge is 2.49. The normalized spacial score (nSPS) is 25.3. The van der Waals surface area contributed by atoms with E-state index < -0.39 is 0 Å². The summed E-state index contributed by atoms with van der Waals surface area (Å²) in [7, 11) is 1.70. The summed E-state index contributed by atoms with van der Waals surface area (Å²) in [6.45, 7) is 4.18. The van der Waals surface area contributed by atoms with E-state index in [-0.39, 0.29) is 23.5 Å². The highest BCUT2D eigenvalue weighted by Crippen LogP contribution is 2.42. The minimum atomic E-state index is -0.150. The van der Waals surface area contributed by atoms with Crippen LogP contribution in [0.3, 0.4) is 0 Å². The minimum Gasteiger partial charge on any atom is -0.397 e. The first-order chi connectivity index (χ1) is 8.46. The van der Waals surface area contributed by atoms with Crippen molar-refractivity contribution in [2.24, 2.45) is 5.41 Å². The Morgan fingerprint density at radius 3 is 2.89 bits per heavy atom. The molecule has 0 radical (unpaired) electrons. The maximum atomic E-state index is 12.1. The quantitative estimate of drug-likeness (QED) is 0.844. The van der Waals surface area contributed by atoms with Crippen molar-refractivity contribution < 1.29 is 9.53 Å². The van der Waals surface area contributed by atoms with Crippen molar-refractivity contribution in [3.63, 3.8) is 0 Å². The van der Waals surface area contributed by atoms with Gasteiger partial charge in [0.15, 0.2) is 0 Å². The fraction of sp³-hybridized carbons (Fsp3) is 0.538. The molecule has 0 spiro atoms. The van der Waals surface area contributed by atoms with Crippen molar-refractivity contribution in [1.82, 2.24) is 10.3 Å². The first-order valence-corrected chi connectivity index (χ1v) is 6.00. The van der Waals surface area contributed by atoms with Gasteiger partial charge in [0.25, 0.3) is 5.91 Å². The van der Waals surface area contributed by atoms with Crippen molar-refractivity contribution >= 4 is 11.6 Å². The van der Waals surface area contributed by atoms with Crippen molar-refractivity contribution in [2.45, 2.75) is 32.4 Å². The number of aromatic nitrogens is 1. The van der Waals surface area contributed by atoms with Gasteiger partial charge in [-0.25, -0.2) is 0 Å². The van der Waals surface area contributed by atoms with Crippen LogP contribution in [0.5, 0.6) is 0 Å². The topological polar surface area (TPSA) is 77.2 Å². The van der Waals surface area contributed by atoms with Gasteiger partial charge in [-0.15, -0.1) is 0 Å². The molecule has 0 aliphatic heterocycles. The summed E-state index contributed by atoms with van der Waals surface area (Å²) in [5, 5.41) is 3.00. The molecule has 18 heavy (non-hydrogen) atoms. The zero-order chi connectivity index (χ0) is 13.3. The van der Waals surface area contributed by atoms with Crippen molar-refractivity contribution in [3.05, 3.63) is 24.0 Å². The summed E-state index contributed by atoms with van der Waals surface area (Å²) in [5.74, 6) is -0.150. The highest BCUT2D eigenvalue weighted by atomic mass is 16.5. The number of nitrogens with two attached hydrogens (primary N) is 1. The Morgan fingerprint density at radius 1 is 1.61 bits per heavy atom. The second-order valence-corrected chi connectivity index (χ2v) is 5.27. The molecule has 1 saturated carbocycles. The molecule has 2 atom stereocenters. The number of pyridine rings is 1. The van der Waals surface area contributed by atoms with Crippen LogP contribution in [0, 0.1) is 5.41 Å². The summed E-state index contributed by atoms with van der Waals surface area (Å²) < 4.78 is 5.36. The molecule has 2 rings (SSSR count). The summed E-state index contributed by atoms with van der Waals surface area (Å²) in [6.07, 6.45) is 4.08. The number of amides is 1. The van der Waals surface area contributed by atoms with Crippen molar-refractivity contribution in [1.29, 1.82) is 0 Å². The minimum absolute atomic E-state index is 0.0494. The summed E-state index contributed by atoms with van der Waals surface area (Å²) in [5.41, 5.74) is 6.55. The lowest BCUT2D eigenvalue weighted by Gasteiger charge is -2.51. The molecule has 1 heterocycles. The Kier molecular flexibility index (Phi) is 3.26. The first kappa shape index (κ1) is 12.8. The monoisotopic (exact) mass is 249 g/mol. The van der Waals surface area contributed by atoms with Crippen LogP contribution >= 0.6 is 0 Å². The van der Waals surface area contributed by atoms with Crippen molar-refractivity contribution in [2.75, 3.05) is 12.8 Å². The Bertz CT molecular complexity index is 459. The molecule has 1 aliphatic rings. The number of hydrogen-bond acceptors (Lipinski definition) is 4. The van der Waals surface area contributed by atoms with E-state index in [2.05, 4.69) is 24.1 Å². The molecule has 1 aliphatic carbocycles. The molecule has 0 aromatic carbocycles. The molecule has 2 unspecified atom stereocenters. The van der Waals surface area contributed by atoms with E-state index in [0.717, 1.165) is 6.42 Å². The molecule has 1 aromatic heterocycles. The number of methoxy groups -OCH3 is 1. The largest absolute Gasteiger partial charge is 0.397 e. The summed E-state index contributed by atoms with van der Waals surface area (Å²) >= 11 is 0. The van der Waals surface area contributed by atoms with Crippen LogP contribution < -0.4 is 11.1 Å². The number of hydrogen-bond donors (Lipinski definition) is 2. The maximum Gasteiger partial charge on any atom is 0.253 e. The lowest BCUT2D eigenvalue weighted by atomic mass is 9.64. The zero-order valence-electron chi connectivity index (χ0n) is 10.9. The third-order valence-electron chi connectivity index (χ3n) is 3.86. The predicted molar refractivity (Wildman–Crippen MR) is 69.1 cm³/mol. The van der Waals surface area contributed by atoms with Crippen LogP contribution in [-0.4, -0.2) is 30.1 Å². The van der Waals surface area contributed by atoms with Gasteiger partial charge in [0.1, 0.15) is 0 Å². The van der Waals surface area contributed by atoms with Gasteiger partial charge in [0, 0.05) is 24.8 Å². The lowest BCUT2D eigenvalue weighted by Crippen LogP contribution is -2.61. The van der Waals surface area contributed by atoms with Gasteiger partial charge < -0.3 is 15.8 Å².